The van der Waals surface area contributed by atoms with Crippen LogP contribution in [0, 0.1) is 6.92 Å². The van der Waals surface area contributed by atoms with Crippen molar-refractivity contribution < 1.29 is 14.9 Å². The van der Waals surface area contributed by atoms with Gasteiger partial charge in [-0.3, -0.25) is 13.9 Å². The predicted molar refractivity (Wildman–Crippen MR) is 71.6 cm³/mol. The van der Waals surface area contributed by atoms with Crippen LogP contribution in [0.2, 0.25) is 0 Å². The van der Waals surface area contributed by atoms with E-state index in [9.17, 15) is 14.7 Å². The molecule has 1 saturated heterocycles. The van der Waals surface area contributed by atoms with Crippen LogP contribution in [-0.4, -0.2) is 38.2 Å². The average molecular weight is 284 g/mol. The van der Waals surface area contributed by atoms with Crippen molar-refractivity contribution in [2.75, 3.05) is 6.61 Å². The summed E-state index contributed by atoms with van der Waals surface area (Å²) < 4.78 is 7.97. The Morgan fingerprint density at radius 2 is 2.15 bits per heavy atom. The lowest BCUT2D eigenvalue weighted by Crippen LogP contribution is -2.42. The molecule has 0 saturated carbocycles. The highest BCUT2D eigenvalue weighted by Crippen LogP contribution is 2.27. The molecule has 0 amide bonds. The Balaban J connectivity index is 2.43. The first kappa shape index (κ1) is 15.0. The Bertz CT molecular complexity index is 591. The standard InChI is InChI=1S/C13H20N2O5/c1-3-4-14-12(18)8(2)6-15(13(14)19)11-5-9(17)10(7-16)20-11/h6,9-11,16-17H,3-5,7H2,1-2H3/t9-,10+,11+/m0/s1. The van der Waals surface area contributed by atoms with Crippen molar-refractivity contribution in [1.29, 1.82) is 0 Å². The number of rotatable bonds is 4. The molecule has 0 unspecified atom stereocenters. The second kappa shape index (κ2) is 5.90. The molecule has 1 fully saturated rings. The lowest BCUT2D eigenvalue weighted by molar-refractivity contribution is -0.0463. The van der Waals surface area contributed by atoms with Crippen LogP contribution in [-0.2, 0) is 11.3 Å². The first-order valence-corrected chi connectivity index (χ1v) is 6.76. The van der Waals surface area contributed by atoms with Crippen LogP contribution in [0.15, 0.2) is 15.8 Å². The predicted octanol–water partition coefficient (Wildman–Crippen LogP) is -0.631. The first-order chi connectivity index (χ1) is 9.49. The van der Waals surface area contributed by atoms with E-state index in [4.69, 9.17) is 9.84 Å². The second-order valence-electron chi connectivity index (χ2n) is 5.07. The second-order valence-corrected chi connectivity index (χ2v) is 5.07. The third kappa shape index (κ3) is 2.56. The highest BCUT2D eigenvalue weighted by atomic mass is 16.5. The molecule has 1 aliphatic heterocycles. The Morgan fingerprint density at radius 1 is 1.45 bits per heavy atom. The number of aliphatic hydroxyl groups excluding tert-OH is 2. The zero-order valence-electron chi connectivity index (χ0n) is 11.7. The van der Waals surface area contributed by atoms with Gasteiger partial charge in [0.2, 0.25) is 0 Å². The van der Waals surface area contributed by atoms with Gasteiger partial charge >= 0.3 is 5.69 Å². The number of ether oxygens (including phenoxy) is 1. The molecule has 3 atom stereocenters. The summed E-state index contributed by atoms with van der Waals surface area (Å²) in [5.74, 6) is 0. The van der Waals surface area contributed by atoms with Gasteiger partial charge in [0.1, 0.15) is 12.3 Å². The zero-order chi connectivity index (χ0) is 14.9. The van der Waals surface area contributed by atoms with Crippen LogP contribution in [0.4, 0.5) is 0 Å². The first-order valence-electron chi connectivity index (χ1n) is 6.76. The number of hydrogen-bond donors (Lipinski definition) is 2. The number of hydrogen-bond acceptors (Lipinski definition) is 5. The van der Waals surface area contributed by atoms with Gasteiger partial charge < -0.3 is 14.9 Å². The van der Waals surface area contributed by atoms with Crippen LogP contribution in [0.1, 0.15) is 31.6 Å². The van der Waals surface area contributed by atoms with Gasteiger partial charge in [0.05, 0.1) is 12.7 Å². The molecule has 112 valence electrons. The van der Waals surface area contributed by atoms with Crippen molar-refractivity contribution in [3.05, 3.63) is 32.6 Å². The number of aryl methyl sites for hydroxylation is 1. The molecule has 7 heteroatoms. The van der Waals surface area contributed by atoms with E-state index >= 15 is 0 Å². The van der Waals surface area contributed by atoms with E-state index in [1.165, 1.54) is 15.3 Å². The van der Waals surface area contributed by atoms with E-state index < -0.39 is 24.1 Å². The normalized spacial score (nSPS) is 26.1. The average Bonchev–Trinajstić information content (AvgIpc) is 2.80. The minimum Gasteiger partial charge on any atom is -0.394 e. The summed E-state index contributed by atoms with van der Waals surface area (Å²) in [5, 5.41) is 18.8. The lowest BCUT2D eigenvalue weighted by Gasteiger charge is -2.17. The molecule has 0 aliphatic carbocycles. The van der Waals surface area contributed by atoms with Crippen LogP contribution >= 0.6 is 0 Å². The topological polar surface area (TPSA) is 93.7 Å². The number of nitrogens with zero attached hydrogens (tertiary/aromatic N) is 2. The molecule has 1 aromatic heterocycles. The molecule has 0 spiro atoms. The van der Waals surface area contributed by atoms with Gasteiger partial charge in [0.15, 0.2) is 0 Å². The fourth-order valence-electron chi connectivity index (χ4n) is 2.44. The Hall–Kier alpha value is -1.44. The molecule has 0 aromatic carbocycles. The van der Waals surface area contributed by atoms with Gasteiger partial charge in [-0.25, -0.2) is 4.79 Å². The van der Waals surface area contributed by atoms with Gasteiger partial charge in [-0.2, -0.15) is 0 Å². The fraction of sp³-hybridized carbons (Fsp3) is 0.692. The molecular weight excluding hydrogens is 264 g/mol. The molecule has 2 heterocycles. The molecule has 0 radical (unpaired) electrons. The summed E-state index contributed by atoms with van der Waals surface area (Å²) in [6, 6.07) is 0. The third-order valence-electron chi connectivity index (χ3n) is 3.51. The van der Waals surface area contributed by atoms with E-state index in [2.05, 4.69) is 0 Å². The molecule has 1 aliphatic rings. The summed E-state index contributed by atoms with van der Waals surface area (Å²) >= 11 is 0. The highest BCUT2D eigenvalue weighted by molar-refractivity contribution is 5.04. The van der Waals surface area contributed by atoms with Crippen LogP contribution in [0.5, 0.6) is 0 Å². The van der Waals surface area contributed by atoms with E-state index in [-0.39, 0.29) is 18.6 Å². The van der Waals surface area contributed by atoms with Crippen molar-refractivity contribution in [1.82, 2.24) is 9.13 Å². The van der Waals surface area contributed by atoms with Crippen LogP contribution in [0.3, 0.4) is 0 Å². The molecule has 2 rings (SSSR count). The molecule has 0 bridgehead atoms. The Morgan fingerprint density at radius 3 is 2.70 bits per heavy atom. The Kier molecular flexibility index (Phi) is 4.42. The van der Waals surface area contributed by atoms with E-state index in [0.29, 0.717) is 18.5 Å². The van der Waals surface area contributed by atoms with E-state index in [0.717, 1.165) is 0 Å². The minimum absolute atomic E-state index is 0.217. The smallest absolute Gasteiger partial charge is 0.333 e. The summed E-state index contributed by atoms with van der Waals surface area (Å²) in [6.07, 6.45) is 0.175. The molecule has 20 heavy (non-hydrogen) atoms. The van der Waals surface area contributed by atoms with Gasteiger partial charge in [-0.1, -0.05) is 6.92 Å². The van der Waals surface area contributed by atoms with Gasteiger partial charge in [-0.05, 0) is 13.3 Å². The molecule has 7 nitrogen and oxygen atoms in total. The van der Waals surface area contributed by atoms with E-state index in [1.54, 1.807) is 6.92 Å². The third-order valence-corrected chi connectivity index (χ3v) is 3.51. The van der Waals surface area contributed by atoms with Crippen molar-refractivity contribution in [3.8, 4) is 0 Å². The van der Waals surface area contributed by atoms with Crippen molar-refractivity contribution in [3.63, 3.8) is 0 Å². The highest BCUT2D eigenvalue weighted by Gasteiger charge is 2.35. The summed E-state index contributed by atoms with van der Waals surface area (Å²) in [4.78, 5) is 24.3. The number of aromatic nitrogens is 2. The minimum atomic E-state index is -0.816. The summed E-state index contributed by atoms with van der Waals surface area (Å²) in [5.41, 5.74) is -0.299. The van der Waals surface area contributed by atoms with Crippen molar-refractivity contribution >= 4 is 0 Å². The summed E-state index contributed by atoms with van der Waals surface area (Å²) in [7, 11) is 0. The van der Waals surface area contributed by atoms with E-state index in [1.807, 2.05) is 6.92 Å². The maximum Gasteiger partial charge on any atom is 0.333 e. The maximum absolute atomic E-state index is 12.3. The maximum atomic E-state index is 12.3. The van der Waals surface area contributed by atoms with Gasteiger partial charge in [-0.15, -0.1) is 0 Å². The van der Waals surface area contributed by atoms with Gasteiger partial charge in [0.25, 0.3) is 5.56 Å². The number of aliphatic hydroxyl groups is 2. The van der Waals surface area contributed by atoms with Crippen molar-refractivity contribution in [2.24, 2.45) is 0 Å². The zero-order valence-corrected chi connectivity index (χ0v) is 11.7. The quantitative estimate of drug-likeness (QED) is 0.768. The molecule has 1 aromatic rings. The monoisotopic (exact) mass is 284 g/mol. The Labute approximate surface area is 116 Å². The molecule has 2 N–H and O–H groups in total. The SMILES string of the molecule is CCCn1c(=O)c(C)cn([C@H]2C[C@H](O)[C@@H](CO)O2)c1=O. The fourth-order valence-corrected chi connectivity index (χ4v) is 2.44. The van der Waals surface area contributed by atoms with Crippen molar-refractivity contribution in [2.45, 2.75) is 51.7 Å². The summed E-state index contributed by atoms with van der Waals surface area (Å²) in [6.45, 7) is 3.56. The largest absolute Gasteiger partial charge is 0.394 e. The van der Waals surface area contributed by atoms with Gasteiger partial charge in [0, 0.05) is 24.7 Å². The lowest BCUT2D eigenvalue weighted by atomic mass is 10.2. The van der Waals surface area contributed by atoms with Crippen LogP contribution < -0.4 is 11.2 Å². The molecular formula is C13H20N2O5. The van der Waals surface area contributed by atoms with Crippen LogP contribution in [0.25, 0.3) is 0 Å².